The second kappa shape index (κ2) is 4.58. The van der Waals surface area contributed by atoms with Gasteiger partial charge in [-0.3, -0.25) is 4.79 Å². The van der Waals surface area contributed by atoms with Crippen LogP contribution < -0.4 is 0 Å². The standard InChI is InChI=1S/C14H14FNO2S/c1-8-11-6-9(15)2-3-12(11)19-13(8)14(18)16-5-4-10(17)7-16/h2-3,6,10,17H,4-5,7H2,1H3/t10-/m0/s1. The number of aryl methyl sites for hydroxylation is 1. The number of likely N-dealkylation sites (tertiary alicyclic amines) is 1. The molecule has 19 heavy (non-hydrogen) atoms. The SMILES string of the molecule is Cc1c(C(=O)N2CC[C@H](O)C2)sc2ccc(F)cc12. The third-order valence-electron chi connectivity index (χ3n) is 3.54. The van der Waals surface area contributed by atoms with Gasteiger partial charge in [0.15, 0.2) is 0 Å². The number of hydrogen-bond acceptors (Lipinski definition) is 3. The third kappa shape index (κ3) is 2.13. The molecule has 1 N–H and O–H groups in total. The average Bonchev–Trinajstić information content (AvgIpc) is 2.94. The van der Waals surface area contributed by atoms with Crippen LogP contribution in [0.25, 0.3) is 10.1 Å². The maximum atomic E-state index is 13.3. The van der Waals surface area contributed by atoms with E-state index in [2.05, 4.69) is 0 Å². The van der Waals surface area contributed by atoms with Gasteiger partial charge in [-0.25, -0.2) is 4.39 Å². The van der Waals surface area contributed by atoms with Crippen molar-refractivity contribution in [1.82, 2.24) is 4.90 Å². The van der Waals surface area contributed by atoms with Gasteiger partial charge in [-0.15, -0.1) is 11.3 Å². The van der Waals surface area contributed by atoms with E-state index in [0.29, 0.717) is 24.4 Å². The van der Waals surface area contributed by atoms with Gasteiger partial charge in [0.2, 0.25) is 0 Å². The molecule has 1 fully saturated rings. The quantitative estimate of drug-likeness (QED) is 0.871. The molecule has 0 bridgehead atoms. The van der Waals surface area contributed by atoms with Crippen LogP contribution in [0.5, 0.6) is 0 Å². The average molecular weight is 279 g/mol. The van der Waals surface area contributed by atoms with Crippen molar-refractivity contribution in [1.29, 1.82) is 0 Å². The smallest absolute Gasteiger partial charge is 0.264 e. The number of hydrogen-bond donors (Lipinski definition) is 1. The Labute approximate surface area is 114 Å². The van der Waals surface area contributed by atoms with Crippen LogP contribution in [0.2, 0.25) is 0 Å². The Bertz CT molecular complexity index is 652. The highest BCUT2D eigenvalue weighted by atomic mass is 32.1. The molecule has 0 unspecified atom stereocenters. The van der Waals surface area contributed by atoms with Gasteiger partial charge >= 0.3 is 0 Å². The highest BCUT2D eigenvalue weighted by molar-refractivity contribution is 7.21. The molecule has 2 heterocycles. The van der Waals surface area contributed by atoms with E-state index in [-0.39, 0.29) is 11.7 Å². The van der Waals surface area contributed by atoms with Gasteiger partial charge in [-0.2, -0.15) is 0 Å². The maximum Gasteiger partial charge on any atom is 0.264 e. The Balaban J connectivity index is 2.01. The first kappa shape index (κ1) is 12.6. The molecule has 100 valence electrons. The van der Waals surface area contributed by atoms with Crippen LogP contribution in [0.4, 0.5) is 4.39 Å². The Hall–Kier alpha value is -1.46. The fourth-order valence-electron chi connectivity index (χ4n) is 2.47. The lowest BCUT2D eigenvalue weighted by molar-refractivity contribution is 0.0769. The maximum absolute atomic E-state index is 13.3. The number of thiophene rings is 1. The lowest BCUT2D eigenvalue weighted by Gasteiger charge is -2.14. The summed E-state index contributed by atoms with van der Waals surface area (Å²) in [5.74, 6) is -0.348. The molecule has 0 aliphatic carbocycles. The van der Waals surface area contributed by atoms with Crippen LogP contribution in [0.1, 0.15) is 21.7 Å². The number of benzene rings is 1. The minimum Gasteiger partial charge on any atom is -0.391 e. The van der Waals surface area contributed by atoms with Crippen LogP contribution in [0.3, 0.4) is 0 Å². The molecule has 2 aromatic rings. The zero-order valence-corrected chi connectivity index (χ0v) is 11.3. The molecule has 0 spiro atoms. The Kier molecular flexibility index (Phi) is 3.03. The zero-order chi connectivity index (χ0) is 13.6. The van der Waals surface area contributed by atoms with E-state index in [9.17, 15) is 14.3 Å². The minimum absolute atomic E-state index is 0.0596. The molecule has 3 nitrogen and oxygen atoms in total. The van der Waals surface area contributed by atoms with Crippen molar-refractivity contribution >= 4 is 27.3 Å². The minimum atomic E-state index is -0.420. The summed E-state index contributed by atoms with van der Waals surface area (Å²) < 4.78 is 14.2. The summed E-state index contributed by atoms with van der Waals surface area (Å²) >= 11 is 1.39. The van der Waals surface area contributed by atoms with E-state index in [1.807, 2.05) is 6.92 Å². The Morgan fingerprint density at radius 3 is 3.00 bits per heavy atom. The first-order valence-electron chi connectivity index (χ1n) is 6.22. The van der Waals surface area contributed by atoms with Crippen molar-refractivity contribution in [3.63, 3.8) is 0 Å². The summed E-state index contributed by atoms with van der Waals surface area (Å²) in [6, 6.07) is 4.58. The van der Waals surface area contributed by atoms with Gasteiger partial charge in [-0.1, -0.05) is 0 Å². The van der Waals surface area contributed by atoms with E-state index in [4.69, 9.17) is 0 Å². The summed E-state index contributed by atoms with van der Waals surface area (Å²) in [7, 11) is 0. The number of nitrogens with zero attached hydrogens (tertiary/aromatic N) is 1. The second-order valence-electron chi connectivity index (χ2n) is 4.89. The van der Waals surface area contributed by atoms with Crippen molar-refractivity contribution in [2.45, 2.75) is 19.4 Å². The molecular weight excluding hydrogens is 265 g/mol. The first-order chi connectivity index (χ1) is 9.06. The predicted molar refractivity (Wildman–Crippen MR) is 73.0 cm³/mol. The van der Waals surface area contributed by atoms with Crippen LogP contribution in [0, 0.1) is 12.7 Å². The van der Waals surface area contributed by atoms with Crippen LogP contribution in [0.15, 0.2) is 18.2 Å². The molecule has 0 radical (unpaired) electrons. The normalized spacial score (nSPS) is 19.3. The summed E-state index contributed by atoms with van der Waals surface area (Å²) in [4.78, 5) is 14.7. The molecule has 1 amide bonds. The molecular formula is C14H14FNO2S. The fourth-order valence-corrected chi connectivity index (χ4v) is 3.62. The van der Waals surface area contributed by atoms with Crippen LogP contribution >= 0.6 is 11.3 Å². The molecule has 3 rings (SSSR count). The van der Waals surface area contributed by atoms with Gasteiger partial charge in [0.1, 0.15) is 5.82 Å². The molecule has 5 heteroatoms. The Morgan fingerprint density at radius 1 is 1.53 bits per heavy atom. The second-order valence-corrected chi connectivity index (χ2v) is 5.94. The monoisotopic (exact) mass is 279 g/mol. The zero-order valence-electron chi connectivity index (χ0n) is 10.5. The molecule has 1 aromatic heterocycles. The Morgan fingerprint density at radius 2 is 2.32 bits per heavy atom. The summed E-state index contributed by atoms with van der Waals surface area (Å²) in [6.45, 7) is 2.82. The fraction of sp³-hybridized carbons (Fsp3) is 0.357. The number of amides is 1. The number of β-amino-alcohol motifs (C(OH)–C–C–N with tert-alkyl or cyclic N) is 1. The highest BCUT2D eigenvalue weighted by Crippen LogP contribution is 2.32. The lowest BCUT2D eigenvalue weighted by Crippen LogP contribution is -2.29. The molecule has 1 atom stereocenters. The number of carbonyl (C=O) groups is 1. The molecule has 1 aromatic carbocycles. The van der Waals surface area contributed by atoms with Crippen molar-refractivity contribution in [3.05, 3.63) is 34.5 Å². The number of aliphatic hydroxyl groups is 1. The molecule has 1 aliphatic rings. The van der Waals surface area contributed by atoms with Crippen LogP contribution in [-0.2, 0) is 0 Å². The summed E-state index contributed by atoms with van der Waals surface area (Å²) in [6.07, 6.45) is 0.209. The number of aliphatic hydroxyl groups excluding tert-OH is 1. The van der Waals surface area contributed by atoms with Gasteiger partial charge in [0.25, 0.3) is 5.91 Å². The predicted octanol–water partition coefficient (Wildman–Crippen LogP) is 2.56. The largest absolute Gasteiger partial charge is 0.391 e. The summed E-state index contributed by atoms with van der Waals surface area (Å²) in [5, 5.41) is 10.3. The number of carbonyl (C=O) groups excluding carboxylic acids is 1. The number of rotatable bonds is 1. The van der Waals surface area contributed by atoms with E-state index in [1.54, 1.807) is 11.0 Å². The van der Waals surface area contributed by atoms with E-state index >= 15 is 0 Å². The molecule has 1 saturated heterocycles. The lowest BCUT2D eigenvalue weighted by atomic mass is 10.1. The van der Waals surface area contributed by atoms with Gasteiger partial charge in [0, 0.05) is 17.8 Å². The van der Waals surface area contributed by atoms with E-state index < -0.39 is 6.10 Å². The molecule has 1 aliphatic heterocycles. The van der Waals surface area contributed by atoms with Crippen molar-refractivity contribution < 1.29 is 14.3 Å². The van der Waals surface area contributed by atoms with Gasteiger partial charge < -0.3 is 10.0 Å². The van der Waals surface area contributed by atoms with Gasteiger partial charge in [0.05, 0.1) is 11.0 Å². The first-order valence-corrected chi connectivity index (χ1v) is 7.04. The van der Waals surface area contributed by atoms with Gasteiger partial charge in [-0.05, 0) is 42.5 Å². The van der Waals surface area contributed by atoms with E-state index in [0.717, 1.165) is 15.6 Å². The number of fused-ring (bicyclic) bond motifs is 1. The van der Waals surface area contributed by atoms with Crippen molar-refractivity contribution in [2.24, 2.45) is 0 Å². The molecule has 0 saturated carbocycles. The van der Waals surface area contributed by atoms with Crippen molar-refractivity contribution in [2.75, 3.05) is 13.1 Å². The van der Waals surface area contributed by atoms with E-state index in [1.165, 1.54) is 23.5 Å². The third-order valence-corrected chi connectivity index (χ3v) is 4.80. The van der Waals surface area contributed by atoms with Crippen LogP contribution in [-0.4, -0.2) is 35.1 Å². The number of halogens is 1. The summed E-state index contributed by atoms with van der Waals surface area (Å²) in [5.41, 5.74) is 0.825. The highest BCUT2D eigenvalue weighted by Gasteiger charge is 2.27. The topological polar surface area (TPSA) is 40.5 Å². The van der Waals surface area contributed by atoms with Crippen molar-refractivity contribution in [3.8, 4) is 0 Å².